The van der Waals surface area contributed by atoms with Gasteiger partial charge in [0.15, 0.2) is 0 Å². The fourth-order valence-electron chi connectivity index (χ4n) is 3.65. The Morgan fingerprint density at radius 1 is 1.11 bits per heavy atom. The molecule has 1 saturated heterocycles. The maximum atomic E-state index is 14.6. The van der Waals surface area contributed by atoms with E-state index >= 15 is 0 Å². The van der Waals surface area contributed by atoms with E-state index < -0.39 is 5.67 Å². The Bertz CT molecular complexity index is 765. The summed E-state index contributed by atoms with van der Waals surface area (Å²) in [6, 6.07) is 13.0. The fourth-order valence-corrected chi connectivity index (χ4v) is 4.06. The standard InChI is InChI=1S/C23H29F2NOS/c1-23(2,25)16-26-12-10-17(11-13-26)15-27-19-6-9-21(22(24)14-19)18-4-7-20(28-3)8-5-18/h4-9,14,17H,10-13,15-16H2,1-3H3. The number of rotatable bonds is 7. The zero-order valence-corrected chi connectivity index (χ0v) is 17.7. The van der Waals surface area contributed by atoms with Crippen LogP contribution in [-0.4, -0.2) is 43.1 Å². The van der Waals surface area contributed by atoms with Gasteiger partial charge in [0.25, 0.3) is 0 Å². The molecule has 2 nitrogen and oxygen atoms in total. The lowest BCUT2D eigenvalue weighted by Gasteiger charge is -2.34. The third kappa shape index (κ3) is 5.95. The average Bonchev–Trinajstić information content (AvgIpc) is 2.66. The van der Waals surface area contributed by atoms with Crippen LogP contribution in [0.25, 0.3) is 11.1 Å². The molecule has 1 heterocycles. The number of alkyl halides is 1. The highest BCUT2D eigenvalue weighted by Crippen LogP contribution is 2.29. The Morgan fingerprint density at radius 2 is 1.79 bits per heavy atom. The molecule has 1 fully saturated rings. The van der Waals surface area contributed by atoms with Gasteiger partial charge >= 0.3 is 0 Å². The first kappa shape index (κ1) is 21.1. The number of halogens is 2. The normalized spacial score (nSPS) is 16.3. The molecule has 0 atom stereocenters. The minimum atomic E-state index is -1.15. The highest BCUT2D eigenvalue weighted by Gasteiger charge is 2.25. The molecule has 0 aromatic heterocycles. The van der Waals surface area contributed by atoms with Crippen molar-refractivity contribution >= 4 is 11.8 Å². The van der Waals surface area contributed by atoms with E-state index in [1.807, 2.05) is 36.6 Å². The van der Waals surface area contributed by atoms with Crippen molar-refractivity contribution in [3.8, 4) is 16.9 Å². The van der Waals surface area contributed by atoms with Crippen LogP contribution >= 0.6 is 11.8 Å². The van der Waals surface area contributed by atoms with E-state index in [9.17, 15) is 8.78 Å². The molecule has 2 aromatic carbocycles. The minimum Gasteiger partial charge on any atom is -0.493 e. The van der Waals surface area contributed by atoms with Crippen LogP contribution in [0.15, 0.2) is 47.4 Å². The number of thioether (sulfide) groups is 1. The summed E-state index contributed by atoms with van der Waals surface area (Å²) in [6.45, 7) is 6.08. The lowest BCUT2D eigenvalue weighted by molar-refractivity contribution is 0.0836. The van der Waals surface area contributed by atoms with Crippen molar-refractivity contribution in [1.82, 2.24) is 4.90 Å². The van der Waals surface area contributed by atoms with E-state index in [-0.39, 0.29) is 5.82 Å². The van der Waals surface area contributed by atoms with Crippen molar-refractivity contribution < 1.29 is 13.5 Å². The molecule has 0 N–H and O–H groups in total. The van der Waals surface area contributed by atoms with Gasteiger partial charge in [-0.2, -0.15) is 0 Å². The molecule has 28 heavy (non-hydrogen) atoms. The summed E-state index contributed by atoms with van der Waals surface area (Å²) in [7, 11) is 0. The summed E-state index contributed by atoms with van der Waals surface area (Å²) in [5.41, 5.74) is 0.297. The second-order valence-corrected chi connectivity index (χ2v) is 9.00. The molecule has 0 bridgehead atoms. The van der Waals surface area contributed by atoms with Crippen molar-refractivity contribution in [3.05, 3.63) is 48.3 Å². The maximum Gasteiger partial charge on any atom is 0.134 e. The molecular weight excluding hydrogens is 376 g/mol. The first-order valence-corrected chi connectivity index (χ1v) is 11.0. The summed E-state index contributed by atoms with van der Waals surface area (Å²) < 4.78 is 34.2. The third-order valence-corrected chi connectivity index (χ3v) is 5.88. The quantitative estimate of drug-likeness (QED) is 0.520. The molecule has 5 heteroatoms. The van der Waals surface area contributed by atoms with Gasteiger partial charge in [-0.05, 0) is 81.8 Å². The Hall–Kier alpha value is -1.59. The summed E-state index contributed by atoms with van der Waals surface area (Å²) in [5, 5.41) is 0. The van der Waals surface area contributed by atoms with E-state index in [0.29, 0.717) is 30.4 Å². The molecule has 0 saturated carbocycles. The Kier molecular flexibility index (Phi) is 7.00. The number of nitrogens with zero attached hydrogens (tertiary/aromatic N) is 1. The smallest absolute Gasteiger partial charge is 0.134 e. The molecule has 1 aliphatic rings. The molecule has 0 radical (unpaired) electrons. The molecule has 3 rings (SSSR count). The Labute approximate surface area is 171 Å². The molecule has 0 unspecified atom stereocenters. The number of benzene rings is 2. The van der Waals surface area contributed by atoms with Crippen LogP contribution in [0.3, 0.4) is 0 Å². The zero-order valence-electron chi connectivity index (χ0n) is 16.9. The van der Waals surface area contributed by atoms with E-state index in [1.165, 1.54) is 6.07 Å². The van der Waals surface area contributed by atoms with Crippen LogP contribution in [0, 0.1) is 11.7 Å². The van der Waals surface area contributed by atoms with E-state index in [2.05, 4.69) is 4.90 Å². The van der Waals surface area contributed by atoms with E-state index in [4.69, 9.17) is 4.74 Å². The largest absolute Gasteiger partial charge is 0.493 e. The van der Waals surface area contributed by atoms with Gasteiger partial charge in [-0.15, -0.1) is 11.8 Å². The van der Waals surface area contributed by atoms with Gasteiger partial charge in [-0.25, -0.2) is 8.78 Å². The number of hydrogen-bond acceptors (Lipinski definition) is 3. The topological polar surface area (TPSA) is 12.5 Å². The maximum absolute atomic E-state index is 14.6. The summed E-state index contributed by atoms with van der Waals surface area (Å²) >= 11 is 1.67. The molecule has 152 valence electrons. The van der Waals surface area contributed by atoms with Crippen molar-refractivity contribution in [1.29, 1.82) is 0 Å². The van der Waals surface area contributed by atoms with Crippen LogP contribution in [0.2, 0.25) is 0 Å². The number of ether oxygens (including phenoxy) is 1. The van der Waals surface area contributed by atoms with Gasteiger partial charge in [-0.1, -0.05) is 12.1 Å². The average molecular weight is 406 g/mol. The van der Waals surface area contributed by atoms with E-state index in [0.717, 1.165) is 36.4 Å². The number of piperidine rings is 1. The van der Waals surface area contributed by atoms with Gasteiger partial charge in [0.2, 0.25) is 0 Å². The van der Waals surface area contributed by atoms with Gasteiger partial charge < -0.3 is 9.64 Å². The van der Waals surface area contributed by atoms with Crippen LogP contribution in [0.1, 0.15) is 26.7 Å². The minimum absolute atomic E-state index is 0.269. The van der Waals surface area contributed by atoms with Crippen molar-refractivity contribution in [2.75, 3.05) is 32.5 Å². The molecular formula is C23H29F2NOS. The highest BCUT2D eigenvalue weighted by atomic mass is 32.2. The molecule has 0 spiro atoms. The highest BCUT2D eigenvalue weighted by molar-refractivity contribution is 7.98. The molecule has 2 aromatic rings. The van der Waals surface area contributed by atoms with Crippen molar-refractivity contribution in [3.63, 3.8) is 0 Å². The summed E-state index contributed by atoms with van der Waals surface area (Å²) in [6.07, 6.45) is 3.99. The van der Waals surface area contributed by atoms with Gasteiger partial charge in [0.05, 0.1) is 6.61 Å². The number of hydrogen-bond donors (Lipinski definition) is 0. The second-order valence-electron chi connectivity index (χ2n) is 8.12. The van der Waals surface area contributed by atoms with Gasteiger partial charge in [0, 0.05) is 23.1 Å². The molecule has 0 amide bonds. The van der Waals surface area contributed by atoms with Gasteiger partial charge in [0.1, 0.15) is 17.2 Å². The second kappa shape index (κ2) is 9.27. The van der Waals surface area contributed by atoms with Crippen LogP contribution < -0.4 is 4.74 Å². The third-order valence-electron chi connectivity index (χ3n) is 5.13. The van der Waals surface area contributed by atoms with Crippen LogP contribution in [-0.2, 0) is 0 Å². The van der Waals surface area contributed by atoms with Crippen molar-refractivity contribution in [2.24, 2.45) is 5.92 Å². The van der Waals surface area contributed by atoms with E-state index in [1.54, 1.807) is 31.7 Å². The molecule has 0 aliphatic carbocycles. The Morgan fingerprint density at radius 3 is 2.36 bits per heavy atom. The lowest BCUT2D eigenvalue weighted by atomic mass is 9.97. The summed E-state index contributed by atoms with van der Waals surface area (Å²) in [4.78, 5) is 3.33. The number of likely N-dealkylation sites (tertiary alicyclic amines) is 1. The monoisotopic (exact) mass is 405 g/mol. The van der Waals surface area contributed by atoms with Crippen molar-refractivity contribution in [2.45, 2.75) is 37.3 Å². The van der Waals surface area contributed by atoms with Crippen LogP contribution in [0.4, 0.5) is 8.78 Å². The predicted octanol–water partition coefficient (Wildman–Crippen LogP) is 6.05. The van der Waals surface area contributed by atoms with Gasteiger partial charge in [-0.3, -0.25) is 0 Å². The first-order valence-electron chi connectivity index (χ1n) is 9.82. The SMILES string of the molecule is CSc1ccc(-c2ccc(OCC3CCN(CC(C)(C)F)CC3)cc2F)cc1. The Balaban J connectivity index is 1.52. The van der Waals surface area contributed by atoms with Crippen LogP contribution in [0.5, 0.6) is 5.75 Å². The summed E-state index contributed by atoms with van der Waals surface area (Å²) in [5.74, 6) is 0.726. The first-order chi connectivity index (χ1) is 13.3. The molecule has 1 aliphatic heterocycles. The fraction of sp³-hybridized carbons (Fsp3) is 0.478. The predicted molar refractivity (Wildman–Crippen MR) is 113 cm³/mol. The zero-order chi connectivity index (χ0) is 20.1. The lowest BCUT2D eigenvalue weighted by Crippen LogP contribution is -2.41.